The number of hydrogen-bond acceptors (Lipinski definition) is 5. The first kappa shape index (κ1) is 21.6. The highest BCUT2D eigenvalue weighted by molar-refractivity contribution is 5.76. The lowest BCUT2D eigenvalue weighted by Gasteiger charge is -2.33. The van der Waals surface area contributed by atoms with E-state index >= 15 is 0 Å². The Labute approximate surface area is 183 Å². The molecule has 0 unspecified atom stereocenters. The van der Waals surface area contributed by atoms with E-state index in [1.54, 1.807) is 12.0 Å². The maximum atomic E-state index is 12.8. The Kier molecular flexibility index (Phi) is 6.70. The highest BCUT2D eigenvalue weighted by atomic mass is 16.5. The molecule has 0 spiro atoms. The lowest BCUT2D eigenvalue weighted by molar-refractivity contribution is -0.132. The zero-order valence-corrected chi connectivity index (χ0v) is 18.5. The second kappa shape index (κ2) is 9.64. The monoisotopic (exact) mass is 424 g/mol. The van der Waals surface area contributed by atoms with E-state index in [9.17, 15) is 9.59 Å². The number of aromatic nitrogens is 2. The van der Waals surface area contributed by atoms with Gasteiger partial charge < -0.3 is 14.6 Å². The molecule has 1 N–H and O–H groups in total. The predicted octanol–water partition coefficient (Wildman–Crippen LogP) is 2.84. The van der Waals surface area contributed by atoms with Crippen LogP contribution in [0.25, 0.3) is 0 Å². The van der Waals surface area contributed by atoms with Crippen molar-refractivity contribution in [2.45, 2.75) is 58.0 Å². The molecule has 3 heterocycles. The summed E-state index contributed by atoms with van der Waals surface area (Å²) in [6, 6.07) is 8.18. The number of aromatic amines is 1. The first-order valence-corrected chi connectivity index (χ1v) is 11.3. The summed E-state index contributed by atoms with van der Waals surface area (Å²) in [4.78, 5) is 37.2. The van der Waals surface area contributed by atoms with Gasteiger partial charge in [0.05, 0.1) is 24.9 Å². The molecule has 7 heteroatoms. The van der Waals surface area contributed by atoms with Gasteiger partial charge >= 0.3 is 0 Å². The summed E-state index contributed by atoms with van der Waals surface area (Å²) in [6.07, 6.45) is 4.11. The minimum Gasteiger partial charge on any atom is -0.497 e. The Morgan fingerprint density at radius 2 is 2.19 bits per heavy atom. The van der Waals surface area contributed by atoms with E-state index in [2.05, 4.69) is 22.0 Å². The van der Waals surface area contributed by atoms with Crippen LogP contribution < -0.4 is 10.3 Å². The van der Waals surface area contributed by atoms with E-state index < -0.39 is 0 Å². The molecule has 2 aromatic rings. The number of H-pyrrole nitrogens is 1. The molecule has 0 aliphatic carbocycles. The van der Waals surface area contributed by atoms with Crippen molar-refractivity contribution in [2.75, 3.05) is 26.7 Å². The van der Waals surface area contributed by atoms with Gasteiger partial charge in [0.1, 0.15) is 11.6 Å². The van der Waals surface area contributed by atoms with Crippen LogP contribution in [0.1, 0.15) is 61.2 Å². The van der Waals surface area contributed by atoms with Gasteiger partial charge in [-0.2, -0.15) is 0 Å². The minimum atomic E-state index is -0.0843. The number of fused-ring (bicyclic) bond motifs is 1. The number of carbonyl (C=O) groups excluding carboxylic acids is 1. The molecular formula is C24H32N4O3. The lowest BCUT2D eigenvalue weighted by atomic mass is 9.96. The van der Waals surface area contributed by atoms with Gasteiger partial charge in [0, 0.05) is 38.4 Å². The van der Waals surface area contributed by atoms with Gasteiger partial charge in [-0.25, -0.2) is 4.98 Å². The summed E-state index contributed by atoms with van der Waals surface area (Å²) in [7, 11) is 1.69. The quantitative estimate of drug-likeness (QED) is 0.772. The van der Waals surface area contributed by atoms with Crippen LogP contribution in [0.3, 0.4) is 0 Å². The molecule has 0 radical (unpaired) electrons. The van der Waals surface area contributed by atoms with E-state index in [0.29, 0.717) is 31.5 Å². The molecule has 1 saturated heterocycles. The van der Waals surface area contributed by atoms with E-state index in [0.717, 1.165) is 56.2 Å². The number of hydrogen-bond donors (Lipinski definition) is 1. The summed E-state index contributed by atoms with van der Waals surface area (Å²) in [5.74, 6) is 2.01. The number of nitrogens with zero attached hydrogens (tertiary/aromatic N) is 3. The third-order valence-corrected chi connectivity index (χ3v) is 6.34. The highest BCUT2D eigenvalue weighted by Crippen LogP contribution is 2.27. The largest absolute Gasteiger partial charge is 0.497 e. The van der Waals surface area contributed by atoms with Crippen molar-refractivity contribution in [3.8, 4) is 5.75 Å². The molecule has 1 aromatic carbocycles. The molecule has 7 nitrogen and oxygen atoms in total. The van der Waals surface area contributed by atoms with Crippen LogP contribution in [0.15, 0.2) is 29.1 Å². The van der Waals surface area contributed by atoms with Gasteiger partial charge in [-0.05, 0) is 43.5 Å². The predicted molar refractivity (Wildman–Crippen MR) is 119 cm³/mol. The Bertz CT molecular complexity index is 987. The smallest absolute Gasteiger partial charge is 0.256 e. The molecule has 1 fully saturated rings. The molecule has 1 amide bonds. The average Bonchev–Trinajstić information content (AvgIpc) is 2.79. The number of methoxy groups -OCH3 is 1. The van der Waals surface area contributed by atoms with E-state index in [-0.39, 0.29) is 17.4 Å². The zero-order chi connectivity index (χ0) is 21.8. The number of piperidine rings is 1. The molecule has 4 rings (SSSR count). The summed E-state index contributed by atoms with van der Waals surface area (Å²) >= 11 is 0. The topological polar surface area (TPSA) is 78.5 Å². The van der Waals surface area contributed by atoms with Crippen molar-refractivity contribution in [1.82, 2.24) is 19.8 Å². The number of likely N-dealkylation sites (tertiary alicyclic amines) is 1. The lowest BCUT2D eigenvalue weighted by Crippen LogP contribution is -2.40. The third-order valence-electron chi connectivity index (χ3n) is 6.34. The van der Waals surface area contributed by atoms with E-state index in [1.165, 1.54) is 5.56 Å². The Morgan fingerprint density at radius 1 is 1.32 bits per heavy atom. The van der Waals surface area contributed by atoms with Gasteiger partial charge in [-0.15, -0.1) is 0 Å². The summed E-state index contributed by atoms with van der Waals surface area (Å²) < 4.78 is 5.34. The fraction of sp³-hybridized carbons (Fsp3) is 0.542. The number of carbonyl (C=O) groups is 1. The van der Waals surface area contributed by atoms with Gasteiger partial charge in [0.15, 0.2) is 0 Å². The molecular weight excluding hydrogens is 392 g/mol. The fourth-order valence-electron chi connectivity index (χ4n) is 4.67. The molecule has 31 heavy (non-hydrogen) atoms. The average molecular weight is 425 g/mol. The molecule has 2 aliphatic rings. The summed E-state index contributed by atoms with van der Waals surface area (Å²) in [5, 5.41) is 0. The molecule has 0 saturated carbocycles. The Balaban J connectivity index is 1.46. The van der Waals surface area contributed by atoms with Crippen LogP contribution in [0, 0.1) is 0 Å². The minimum absolute atomic E-state index is 0.0843. The maximum Gasteiger partial charge on any atom is 0.256 e. The van der Waals surface area contributed by atoms with Gasteiger partial charge in [0.25, 0.3) is 5.56 Å². The maximum absolute atomic E-state index is 12.8. The number of ether oxygens (including phenoxy) is 1. The standard InChI is InChI=1S/C24H32N4O3/c1-3-6-22(29)28-12-10-21-20(16-28)24(30)26-23(25-21)18-8-5-11-27(15-18)14-17-7-4-9-19(13-17)31-2/h4,7,9,13,18H,3,5-6,8,10-12,14-16H2,1-2H3,(H,25,26,30)/t18-/m0/s1. The van der Waals surface area contributed by atoms with Crippen molar-refractivity contribution in [2.24, 2.45) is 0 Å². The Morgan fingerprint density at radius 3 is 3.00 bits per heavy atom. The summed E-state index contributed by atoms with van der Waals surface area (Å²) in [6.45, 7) is 5.80. The number of nitrogens with one attached hydrogen (secondary N) is 1. The Hall–Kier alpha value is -2.67. The molecule has 166 valence electrons. The fourth-order valence-corrected chi connectivity index (χ4v) is 4.67. The third kappa shape index (κ3) is 4.98. The van der Waals surface area contributed by atoms with Crippen LogP contribution in [-0.2, 0) is 24.3 Å². The number of rotatable bonds is 6. The highest BCUT2D eigenvalue weighted by Gasteiger charge is 2.28. The van der Waals surface area contributed by atoms with Crippen molar-refractivity contribution in [3.63, 3.8) is 0 Å². The SMILES string of the molecule is CCCC(=O)N1CCc2nc([C@H]3CCCN(Cc4cccc(OC)c4)C3)[nH]c(=O)c2C1. The van der Waals surface area contributed by atoms with Gasteiger partial charge in [0.2, 0.25) is 5.91 Å². The first-order chi connectivity index (χ1) is 15.1. The first-order valence-electron chi connectivity index (χ1n) is 11.3. The van der Waals surface area contributed by atoms with Gasteiger partial charge in [-0.3, -0.25) is 14.5 Å². The van der Waals surface area contributed by atoms with Crippen molar-refractivity contribution in [3.05, 3.63) is 57.3 Å². The molecule has 1 atom stereocenters. The van der Waals surface area contributed by atoms with Crippen LogP contribution >= 0.6 is 0 Å². The zero-order valence-electron chi connectivity index (χ0n) is 18.5. The van der Waals surface area contributed by atoms with E-state index in [4.69, 9.17) is 9.72 Å². The van der Waals surface area contributed by atoms with E-state index in [1.807, 2.05) is 19.1 Å². The van der Waals surface area contributed by atoms with Crippen molar-refractivity contribution in [1.29, 1.82) is 0 Å². The number of amides is 1. The second-order valence-corrected chi connectivity index (χ2v) is 8.62. The summed E-state index contributed by atoms with van der Waals surface area (Å²) in [5.41, 5.74) is 2.66. The van der Waals surface area contributed by atoms with Gasteiger partial charge in [-0.1, -0.05) is 19.1 Å². The molecule has 2 aliphatic heterocycles. The van der Waals surface area contributed by atoms with Crippen LogP contribution in [0.4, 0.5) is 0 Å². The molecule has 1 aromatic heterocycles. The molecule has 0 bridgehead atoms. The normalized spacial score (nSPS) is 19.2. The van der Waals surface area contributed by atoms with Crippen LogP contribution in [0.2, 0.25) is 0 Å². The van der Waals surface area contributed by atoms with Crippen LogP contribution in [-0.4, -0.2) is 52.4 Å². The van der Waals surface area contributed by atoms with Crippen molar-refractivity contribution >= 4 is 5.91 Å². The van der Waals surface area contributed by atoms with Crippen LogP contribution in [0.5, 0.6) is 5.75 Å². The van der Waals surface area contributed by atoms with Crippen molar-refractivity contribution < 1.29 is 9.53 Å². The second-order valence-electron chi connectivity index (χ2n) is 8.62. The number of benzene rings is 1.